The largest absolute Gasteiger partial charge is 0.347 e. The Morgan fingerprint density at radius 1 is 1.56 bits per heavy atom. The molecule has 0 amide bonds. The molecule has 1 aliphatic carbocycles. The zero-order valence-corrected chi connectivity index (χ0v) is 9.72. The average molecular weight is 221 g/mol. The van der Waals surface area contributed by atoms with E-state index in [0.29, 0.717) is 12.0 Å². The van der Waals surface area contributed by atoms with Crippen LogP contribution in [0.2, 0.25) is 0 Å². The van der Waals surface area contributed by atoms with Crippen LogP contribution in [0, 0.1) is 5.92 Å². The smallest absolute Gasteiger partial charge is 0.317 e. The second kappa shape index (κ2) is 5.25. The van der Waals surface area contributed by atoms with E-state index in [0.717, 1.165) is 13.0 Å². The van der Waals surface area contributed by atoms with E-state index >= 15 is 0 Å². The predicted molar refractivity (Wildman–Crippen MR) is 63.3 cm³/mol. The van der Waals surface area contributed by atoms with Gasteiger partial charge in [0.15, 0.2) is 0 Å². The number of nitrogens with zero attached hydrogens (tertiary/aromatic N) is 2. The van der Waals surface area contributed by atoms with Gasteiger partial charge in [0.25, 0.3) is 0 Å². The Morgan fingerprint density at radius 2 is 2.44 bits per heavy atom. The van der Waals surface area contributed by atoms with Gasteiger partial charge in [-0.15, -0.1) is 0 Å². The van der Waals surface area contributed by atoms with E-state index in [9.17, 15) is 4.79 Å². The summed E-state index contributed by atoms with van der Waals surface area (Å²) in [5.41, 5.74) is -0.137. The van der Waals surface area contributed by atoms with Crippen molar-refractivity contribution in [2.24, 2.45) is 5.92 Å². The Labute approximate surface area is 95.7 Å². The van der Waals surface area contributed by atoms with Crippen LogP contribution in [-0.4, -0.2) is 22.6 Å². The summed E-state index contributed by atoms with van der Waals surface area (Å²) in [4.78, 5) is 15.2. The molecule has 1 aromatic heterocycles. The number of aryl methyl sites for hydroxylation is 1. The van der Waals surface area contributed by atoms with E-state index < -0.39 is 0 Å². The molecule has 16 heavy (non-hydrogen) atoms. The molecule has 0 saturated heterocycles. The summed E-state index contributed by atoms with van der Waals surface area (Å²) in [6.07, 6.45) is 8.28. The molecule has 1 fully saturated rings. The van der Waals surface area contributed by atoms with E-state index in [1.54, 1.807) is 10.8 Å². The Bertz CT molecular complexity index is 388. The normalized spacial score (nSPS) is 24.8. The molecule has 0 bridgehead atoms. The fourth-order valence-corrected chi connectivity index (χ4v) is 2.62. The summed E-state index contributed by atoms with van der Waals surface area (Å²) in [6.45, 7) is 0.787. The van der Waals surface area contributed by atoms with Crippen LogP contribution in [0.1, 0.15) is 25.7 Å². The van der Waals surface area contributed by atoms with Gasteiger partial charge in [-0.25, -0.2) is 9.78 Å². The molecule has 2 rings (SSSR count). The minimum atomic E-state index is -0.137. The van der Waals surface area contributed by atoms with Crippen LogP contribution in [0.5, 0.6) is 0 Å². The fraction of sp³-hybridized carbons (Fsp3) is 0.667. The third kappa shape index (κ3) is 2.50. The first-order valence-electron chi connectivity index (χ1n) is 6.00. The van der Waals surface area contributed by atoms with Crippen molar-refractivity contribution in [3.8, 4) is 0 Å². The molecule has 2 unspecified atom stereocenters. The van der Waals surface area contributed by atoms with Crippen LogP contribution in [-0.2, 0) is 6.54 Å². The molecule has 4 nitrogen and oxygen atoms in total. The van der Waals surface area contributed by atoms with Crippen molar-refractivity contribution in [2.75, 3.05) is 7.05 Å². The standard InChI is InChI=1S/C12H19N3O/c1-13-11-5-2-4-10(11)6-9-15-8-3-7-14-12(15)16/h3,7-8,10-11,13H,2,4-6,9H2,1H3. The number of hydrogen-bond donors (Lipinski definition) is 1. The summed E-state index contributed by atoms with van der Waals surface area (Å²) in [5, 5.41) is 3.36. The molecule has 1 heterocycles. The van der Waals surface area contributed by atoms with E-state index in [4.69, 9.17) is 0 Å². The SMILES string of the molecule is CNC1CCCC1CCn1cccnc1=O. The number of nitrogens with one attached hydrogen (secondary N) is 1. The number of hydrogen-bond acceptors (Lipinski definition) is 3. The summed E-state index contributed by atoms with van der Waals surface area (Å²) in [6, 6.07) is 2.44. The van der Waals surface area contributed by atoms with Crippen molar-refractivity contribution in [2.45, 2.75) is 38.3 Å². The quantitative estimate of drug-likeness (QED) is 0.825. The Morgan fingerprint density at radius 3 is 3.19 bits per heavy atom. The number of rotatable bonds is 4. The maximum Gasteiger partial charge on any atom is 0.347 e. The summed E-state index contributed by atoms with van der Waals surface area (Å²) in [5.74, 6) is 0.706. The highest BCUT2D eigenvalue weighted by molar-refractivity contribution is 4.84. The minimum Gasteiger partial charge on any atom is -0.317 e. The highest BCUT2D eigenvalue weighted by atomic mass is 16.1. The van der Waals surface area contributed by atoms with Gasteiger partial charge < -0.3 is 5.32 Å². The van der Waals surface area contributed by atoms with Gasteiger partial charge in [0, 0.05) is 25.0 Å². The third-order valence-corrected chi connectivity index (χ3v) is 3.55. The monoisotopic (exact) mass is 221 g/mol. The first kappa shape index (κ1) is 11.3. The lowest BCUT2D eigenvalue weighted by Crippen LogP contribution is -2.30. The third-order valence-electron chi connectivity index (χ3n) is 3.55. The van der Waals surface area contributed by atoms with Crippen molar-refractivity contribution in [1.29, 1.82) is 0 Å². The average Bonchev–Trinajstić information content (AvgIpc) is 2.75. The van der Waals surface area contributed by atoms with Gasteiger partial charge in [0.05, 0.1) is 0 Å². The van der Waals surface area contributed by atoms with Gasteiger partial charge in [-0.3, -0.25) is 4.57 Å². The Hall–Kier alpha value is -1.16. The van der Waals surface area contributed by atoms with E-state index in [2.05, 4.69) is 10.3 Å². The van der Waals surface area contributed by atoms with Gasteiger partial charge >= 0.3 is 5.69 Å². The molecule has 1 N–H and O–H groups in total. The highest BCUT2D eigenvalue weighted by Crippen LogP contribution is 2.28. The fourth-order valence-electron chi connectivity index (χ4n) is 2.62. The van der Waals surface area contributed by atoms with Crippen LogP contribution in [0.3, 0.4) is 0 Å². The molecule has 0 spiro atoms. The van der Waals surface area contributed by atoms with E-state index in [1.165, 1.54) is 19.3 Å². The molecular formula is C12H19N3O. The van der Waals surface area contributed by atoms with Crippen LogP contribution < -0.4 is 11.0 Å². The van der Waals surface area contributed by atoms with Crippen molar-refractivity contribution in [1.82, 2.24) is 14.9 Å². The highest BCUT2D eigenvalue weighted by Gasteiger charge is 2.25. The van der Waals surface area contributed by atoms with Gasteiger partial charge in [-0.2, -0.15) is 0 Å². The molecule has 0 aliphatic heterocycles. The summed E-state index contributed by atoms with van der Waals surface area (Å²) in [7, 11) is 2.03. The Kier molecular flexibility index (Phi) is 3.72. The Balaban J connectivity index is 1.92. The topological polar surface area (TPSA) is 46.9 Å². The van der Waals surface area contributed by atoms with Crippen LogP contribution >= 0.6 is 0 Å². The molecular weight excluding hydrogens is 202 g/mol. The first-order valence-corrected chi connectivity index (χ1v) is 6.00. The van der Waals surface area contributed by atoms with Crippen molar-refractivity contribution >= 4 is 0 Å². The molecule has 2 atom stereocenters. The number of aromatic nitrogens is 2. The van der Waals surface area contributed by atoms with Gasteiger partial charge in [-0.1, -0.05) is 6.42 Å². The molecule has 0 aromatic carbocycles. The molecule has 1 aliphatic rings. The predicted octanol–water partition coefficient (Wildman–Crippen LogP) is 1.02. The maximum atomic E-state index is 11.4. The lowest BCUT2D eigenvalue weighted by Gasteiger charge is -2.18. The first-order chi connectivity index (χ1) is 7.81. The van der Waals surface area contributed by atoms with Gasteiger partial charge in [-0.05, 0) is 38.3 Å². The zero-order chi connectivity index (χ0) is 11.4. The summed E-state index contributed by atoms with van der Waals surface area (Å²) < 4.78 is 1.70. The minimum absolute atomic E-state index is 0.137. The molecule has 4 heteroatoms. The van der Waals surface area contributed by atoms with Crippen molar-refractivity contribution in [3.63, 3.8) is 0 Å². The maximum absolute atomic E-state index is 11.4. The molecule has 88 valence electrons. The molecule has 1 aromatic rings. The lowest BCUT2D eigenvalue weighted by molar-refractivity contribution is 0.374. The molecule has 0 radical (unpaired) electrons. The van der Waals surface area contributed by atoms with Gasteiger partial charge in [0.1, 0.15) is 0 Å². The second-order valence-corrected chi connectivity index (χ2v) is 4.47. The summed E-state index contributed by atoms with van der Waals surface area (Å²) >= 11 is 0. The molecule has 1 saturated carbocycles. The van der Waals surface area contributed by atoms with Crippen molar-refractivity contribution < 1.29 is 0 Å². The van der Waals surface area contributed by atoms with Crippen LogP contribution in [0.4, 0.5) is 0 Å². The van der Waals surface area contributed by atoms with E-state index in [1.807, 2.05) is 19.3 Å². The zero-order valence-electron chi connectivity index (χ0n) is 9.72. The van der Waals surface area contributed by atoms with Crippen LogP contribution in [0.25, 0.3) is 0 Å². The second-order valence-electron chi connectivity index (χ2n) is 4.47. The van der Waals surface area contributed by atoms with Crippen LogP contribution in [0.15, 0.2) is 23.3 Å². The van der Waals surface area contributed by atoms with Crippen molar-refractivity contribution in [3.05, 3.63) is 28.9 Å². The lowest BCUT2D eigenvalue weighted by atomic mass is 10.00. The van der Waals surface area contributed by atoms with Gasteiger partial charge in [0.2, 0.25) is 0 Å². The van der Waals surface area contributed by atoms with E-state index in [-0.39, 0.29) is 5.69 Å².